The van der Waals surface area contributed by atoms with Gasteiger partial charge in [-0.05, 0) is 49.7 Å². The van der Waals surface area contributed by atoms with Crippen LogP contribution in [0.1, 0.15) is 43.9 Å². The Morgan fingerprint density at radius 2 is 2.04 bits per heavy atom. The molecule has 1 saturated heterocycles. The second-order valence-electron chi connectivity index (χ2n) is 6.83. The molecule has 0 bridgehead atoms. The Kier molecular flexibility index (Phi) is 3.15. The molecule has 1 spiro atoms. The van der Waals surface area contributed by atoms with Crippen LogP contribution in [-0.4, -0.2) is 23.1 Å². The third-order valence-corrected chi connectivity index (χ3v) is 5.46. The standard InChI is InChI=1S/C18H20N4O/c1-2-12-3-4-14-15(20-12)16(13(11-19)17(23)21-14)22-9-7-18(5-6-18)8-10-22/h3-4H,2,5-10H2,1H3,(H,21,23). The summed E-state index contributed by atoms with van der Waals surface area (Å²) in [5.74, 6) is 0. The maximum atomic E-state index is 12.3. The van der Waals surface area contributed by atoms with Crippen molar-refractivity contribution in [2.75, 3.05) is 18.0 Å². The molecule has 1 N–H and O–H groups in total. The van der Waals surface area contributed by atoms with E-state index in [-0.39, 0.29) is 11.1 Å². The number of hydrogen-bond donors (Lipinski definition) is 1. The maximum absolute atomic E-state index is 12.3. The molecular formula is C18H20N4O. The second-order valence-corrected chi connectivity index (χ2v) is 6.83. The molecule has 0 amide bonds. The summed E-state index contributed by atoms with van der Waals surface area (Å²) < 4.78 is 0. The van der Waals surface area contributed by atoms with Gasteiger partial charge in [-0.2, -0.15) is 5.26 Å². The van der Waals surface area contributed by atoms with E-state index in [0.29, 0.717) is 10.9 Å². The molecule has 0 unspecified atom stereocenters. The predicted molar refractivity (Wildman–Crippen MR) is 89.6 cm³/mol. The van der Waals surface area contributed by atoms with Gasteiger partial charge in [0.25, 0.3) is 5.56 Å². The number of fused-ring (bicyclic) bond motifs is 1. The van der Waals surface area contributed by atoms with Crippen molar-refractivity contribution in [3.8, 4) is 6.07 Å². The summed E-state index contributed by atoms with van der Waals surface area (Å²) in [7, 11) is 0. The van der Waals surface area contributed by atoms with Crippen LogP contribution >= 0.6 is 0 Å². The largest absolute Gasteiger partial charge is 0.368 e. The lowest BCUT2D eigenvalue weighted by Crippen LogP contribution is -2.36. The normalized spacial score (nSPS) is 19.0. The van der Waals surface area contributed by atoms with Crippen LogP contribution < -0.4 is 10.5 Å². The minimum Gasteiger partial charge on any atom is -0.368 e. The molecular weight excluding hydrogens is 288 g/mol. The van der Waals surface area contributed by atoms with Crippen molar-refractivity contribution in [3.63, 3.8) is 0 Å². The van der Waals surface area contributed by atoms with Crippen LogP contribution in [0.25, 0.3) is 11.0 Å². The minimum absolute atomic E-state index is 0.199. The molecule has 0 aromatic carbocycles. The Morgan fingerprint density at radius 3 is 2.65 bits per heavy atom. The second kappa shape index (κ2) is 5.09. The molecule has 1 aliphatic heterocycles. The third kappa shape index (κ3) is 2.29. The number of H-pyrrole nitrogens is 1. The number of anilines is 1. The smallest absolute Gasteiger partial charge is 0.268 e. The van der Waals surface area contributed by atoms with Gasteiger partial charge in [0.2, 0.25) is 0 Å². The summed E-state index contributed by atoms with van der Waals surface area (Å²) in [6.07, 6.45) is 5.80. The highest BCUT2D eigenvalue weighted by Crippen LogP contribution is 2.54. The van der Waals surface area contributed by atoms with Gasteiger partial charge in [0.15, 0.2) is 0 Å². The van der Waals surface area contributed by atoms with E-state index in [9.17, 15) is 10.1 Å². The Bertz CT molecular complexity index is 863. The van der Waals surface area contributed by atoms with Crippen LogP contribution in [0.2, 0.25) is 0 Å². The minimum atomic E-state index is -0.312. The van der Waals surface area contributed by atoms with Crippen molar-refractivity contribution in [2.24, 2.45) is 5.41 Å². The predicted octanol–water partition coefficient (Wildman–Crippen LogP) is 2.74. The van der Waals surface area contributed by atoms with Gasteiger partial charge in [0, 0.05) is 18.8 Å². The SMILES string of the molecule is CCc1ccc2[nH]c(=O)c(C#N)c(N3CCC4(CC3)CC4)c2n1. The first-order valence-corrected chi connectivity index (χ1v) is 8.37. The van der Waals surface area contributed by atoms with Crippen molar-refractivity contribution < 1.29 is 0 Å². The lowest BCUT2D eigenvalue weighted by atomic mass is 9.93. The van der Waals surface area contributed by atoms with Gasteiger partial charge in [0.1, 0.15) is 17.1 Å². The molecule has 2 fully saturated rings. The summed E-state index contributed by atoms with van der Waals surface area (Å²) in [4.78, 5) is 22.0. The highest BCUT2D eigenvalue weighted by atomic mass is 16.1. The first kappa shape index (κ1) is 14.3. The average molecular weight is 308 g/mol. The Labute approximate surface area is 135 Å². The molecule has 0 radical (unpaired) electrons. The van der Waals surface area contributed by atoms with Crippen LogP contribution in [0.5, 0.6) is 0 Å². The number of pyridine rings is 2. The molecule has 2 aliphatic rings. The monoisotopic (exact) mass is 308 g/mol. The summed E-state index contributed by atoms with van der Waals surface area (Å²) in [6, 6.07) is 5.94. The van der Waals surface area contributed by atoms with Crippen molar-refractivity contribution in [2.45, 2.75) is 39.0 Å². The number of piperidine rings is 1. The van der Waals surface area contributed by atoms with Gasteiger partial charge in [0.05, 0.1) is 11.2 Å². The number of aryl methyl sites for hydroxylation is 1. The fourth-order valence-electron chi connectivity index (χ4n) is 3.68. The van der Waals surface area contributed by atoms with Gasteiger partial charge in [-0.15, -0.1) is 0 Å². The highest BCUT2D eigenvalue weighted by Gasteiger charge is 2.44. The van der Waals surface area contributed by atoms with Gasteiger partial charge >= 0.3 is 0 Å². The van der Waals surface area contributed by atoms with Crippen LogP contribution in [-0.2, 0) is 6.42 Å². The molecule has 118 valence electrons. The number of nitrogens with one attached hydrogen (secondary N) is 1. The fourth-order valence-corrected chi connectivity index (χ4v) is 3.68. The van der Waals surface area contributed by atoms with Crippen LogP contribution in [0.4, 0.5) is 5.69 Å². The average Bonchev–Trinajstić information content (AvgIpc) is 3.33. The van der Waals surface area contributed by atoms with Crippen molar-refractivity contribution >= 4 is 16.7 Å². The first-order valence-electron chi connectivity index (χ1n) is 8.37. The topological polar surface area (TPSA) is 72.8 Å². The lowest BCUT2D eigenvalue weighted by molar-refractivity contribution is 0.384. The van der Waals surface area contributed by atoms with Gasteiger partial charge in [-0.3, -0.25) is 4.79 Å². The summed E-state index contributed by atoms with van der Waals surface area (Å²) >= 11 is 0. The zero-order valence-corrected chi connectivity index (χ0v) is 13.4. The quantitative estimate of drug-likeness (QED) is 0.926. The van der Waals surface area contributed by atoms with E-state index < -0.39 is 0 Å². The van der Waals surface area contributed by atoms with Crippen LogP contribution in [0.15, 0.2) is 16.9 Å². The van der Waals surface area contributed by atoms with Crippen LogP contribution in [0.3, 0.4) is 0 Å². The Morgan fingerprint density at radius 1 is 1.30 bits per heavy atom. The molecule has 0 atom stereocenters. The maximum Gasteiger partial charge on any atom is 0.268 e. The summed E-state index contributed by atoms with van der Waals surface area (Å²) in [5.41, 5.74) is 3.63. The van der Waals surface area contributed by atoms with E-state index >= 15 is 0 Å². The summed E-state index contributed by atoms with van der Waals surface area (Å²) in [6.45, 7) is 3.87. The van der Waals surface area contributed by atoms with Crippen molar-refractivity contribution in [1.29, 1.82) is 5.26 Å². The Balaban J connectivity index is 1.88. The molecule has 3 heterocycles. The number of rotatable bonds is 2. The van der Waals surface area contributed by atoms with Gasteiger partial charge < -0.3 is 9.88 Å². The van der Waals surface area contributed by atoms with E-state index in [1.807, 2.05) is 12.1 Å². The number of hydrogen-bond acceptors (Lipinski definition) is 4. The lowest BCUT2D eigenvalue weighted by Gasteiger charge is -2.34. The molecule has 23 heavy (non-hydrogen) atoms. The van der Waals surface area contributed by atoms with E-state index in [4.69, 9.17) is 4.98 Å². The van der Waals surface area contributed by atoms with E-state index in [2.05, 4.69) is 22.9 Å². The molecule has 1 aliphatic carbocycles. The number of nitrogens with zero attached hydrogens (tertiary/aromatic N) is 3. The molecule has 5 heteroatoms. The first-order chi connectivity index (χ1) is 11.2. The molecule has 4 rings (SSSR count). The Hall–Kier alpha value is -2.35. The molecule has 1 saturated carbocycles. The number of aromatic amines is 1. The highest BCUT2D eigenvalue weighted by molar-refractivity contribution is 5.91. The third-order valence-electron chi connectivity index (χ3n) is 5.46. The molecule has 2 aromatic heterocycles. The van der Waals surface area contributed by atoms with Crippen molar-refractivity contribution in [3.05, 3.63) is 33.7 Å². The number of nitriles is 1. The summed E-state index contributed by atoms with van der Waals surface area (Å²) in [5, 5.41) is 9.51. The van der Waals surface area contributed by atoms with E-state index in [1.54, 1.807) is 0 Å². The molecule has 2 aromatic rings. The van der Waals surface area contributed by atoms with Gasteiger partial charge in [-0.25, -0.2) is 4.98 Å². The molecule has 5 nitrogen and oxygen atoms in total. The van der Waals surface area contributed by atoms with Crippen LogP contribution in [0, 0.1) is 16.7 Å². The zero-order chi connectivity index (χ0) is 16.0. The fraction of sp³-hybridized carbons (Fsp3) is 0.500. The van der Waals surface area contributed by atoms with E-state index in [1.165, 1.54) is 12.8 Å². The zero-order valence-electron chi connectivity index (χ0n) is 13.4. The van der Waals surface area contributed by atoms with E-state index in [0.717, 1.165) is 49.2 Å². The van der Waals surface area contributed by atoms with Crippen molar-refractivity contribution in [1.82, 2.24) is 9.97 Å². The number of aromatic nitrogens is 2. The van der Waals surface area contributed by atoms with Gasteiger partial charge in [-0.1, -0.05) is 6.92 Å².